The largest absolute Gasteiger partial charge is 0.497 e. The summed E-state index contributed by atoms with van der Waals surface area (Å²) in [6.07, 6.45) is 0.898. The molecule has 0 atom stereocenters. The smallest absolute Gasteiger partial charge is 0.255 e. The maximum Gasteiger partial charge on any atom is 0.255 e. The zero-order valence-corrected chi connectivity index (χ0v) is 20.8. The number of methoxy groups -OCH3 is 1. The Morgan fingerprint density at radius 1 is 1.18 bits per heavy atom. The Morgan fingerprint density at radius 3 is 2.64 bits per heavy atom. The quantitative estimate of drug-likeness (QED) is 0.509. The third-order valence-electron chi connectivity index (χ3n) is 5.90. The second kappa shape index (κ2) is 10.7. The van der Waals surface area contributed by atoms with Gasteiger partial charge in [0.05, 0.1) is 22.8 Å². The van der Waals surface area contributed by atoms with Crippen molar-refractivity contribution in [3.63, 3.8) is 0 Å². The van der Waals surface area contributed by atoms with Gasteiger partial charge in [0, 0.05) is 54.9 Å². The Kier molecular flexibility index (Phi) is 7.65. The number of halogens is 1. The van der Waals surface area contributed by atoms with Gasteiger partial charge in [0.1, 0.15) is 5.75 Å². The van der Waals surface area contributed by atoms with Crippen LogP contribution in [-0.4, -0.2) is 61.0 Å². The minimum atomic E-state index is -0.160. The highest BCUT2D eigenvalue weighted by Crippen LogP contribution is 2.31. The third-order valence-corrected chi connectivity index (χ3v) is 7.21. The van der Waals surface area contributed by atoms with E-state index < -0.39 is 0 Å². The number of hydrogen-bond donors (Lipinski definition) is 1. The molecular formula is C25H29ClN4O2S. The number of hydrogen-bond acceptors (Lipinski definition) is 6. The molecule has 1 aliphatic heterocycles. The van der Waals surface area contributed by atoms with Gasteiger partial charge in [0.25, 0.3) is 5.91 Å². The molecule has 0 spiro atoms. The van der Waals surface area contributed by atoms with Crippen LogP contribution in [0.3, 0.4) is 0 Å². The van der Waals surface area contributed by atoms with Crippen LogP contribution in [0.25, 0.3) is 11.3 Å². The molecule has 0 radical (unpaired) electrons. The van der Waals surface area contributed by atoms with E-state index in [4.69, 9.17) is 16.3 Å². The lowest BCUT2D eigenvalue weighted by molar-refractivity contribution is 0.102. The predicted octanol–water partition coefficient (Wildman–Crippen LogP) is 5.03. The Labute approximate surface area is 204 Å². The summed E-state index contributed by atoms with van der Waals surface area (Å²) >= 11 is 8.17. The number of nitrogens with one attached hydrogen (secondary N) is 1. The van der Waals surface area contributed by atoms with Crippen LogP contribution in [-0.2, 0) is 13.0 Å². The zero-order chi connectivity index (χ0) is 23.4. The monoisotopic (exact) mass is 484 g/mol. The lowest BCUT2D eigenvalue weighted by atomic mass is 10.0. The highest BCUT2D eigenvalue weighted by Gasteiger charge is 2.19. The van der Waals surface area contributed by atoms with Gasteiger partial charge >= 0.3 is 0 Å². The Balaban J connectivity index is 1.52. The number of amides is 1. The molecular weight excluding hydrogens is 456 g/mol. The van der Waals surface area contributed by atoms with Crippen molar-refractivity contribution in [2.75, 3.05) is 45.7 Å². The standard InChI is InChI=1S/C25H29ClN4O2S/c1-4-24-28-23(16-33-24)21-7-5-18(14-22(21)26)27-25(31)20-8-6-19(32-3)13-17(20)15-30-11-9-29(2)10-12-30/h5-8,13-14,16H,4,9-12,15H2,1-3H3,(H,27,31). The van der Waals surface area contributed by atoms with E-state index >= 15 is 0 Å². The summed E-state index contributed by atoms with van der Waals surface area (Å²) in [5.41, 5.74) is 3.98. The molecule has 4 rings (SSSR count). The van der Waals surface area contributed by atoms with Gasteiger partial charge in [-0.05, 0) is 55.4 Å². The number of ether oxygens (including phenoxy) is 1. The molecule has 2 heterocycles. The van der Waals surface area contributed by atoms with Crippen LogP contribution in [0, 0.1) is 0 Å². The zero-order valence-electron chi connectivity index (χ0n) is 19.2. The van der Waals surface area contributed by atoms with Gasteiger partial charge in [0.2, 0.25) is 0 Å². The van der Waals surface area contributed by atoms with E-state index in [0.29, 0.717) is 22.8 Å². The van der Waals surface area contributed by atoms with E-state index in [-0.39, 0.29) is 5.91 Å². The van der Waals surface area contributed by atoms with Gasteiger partial charge in [-0.2, -0.15) is 0 Å². The van der Waals surface area contributed by atoms with Gasteiger partial charge in [-0.1, -0.05) is 18.5 Å². The maximum atomic E-state index is 13.2. The lowest BCUT2D eigenvalue weighted by Crippen LogP contribution is -2.44. The molecule has 0 saturated carbocycles. The van der Waals surface area contributed by atoms with Crippen LogP contribution in [0.1, 0.15) is 27.9 Å². The summed E-state index contributed by atoms with van der Waals surface area (Å²) in [5.74, 6) is 0.588. The molecule has 1 N–H and O–H groups in total. The molecule has 1 aliphatic rings. The topological polar surface area (TPSA) is 57.7 Å². The van der Waals surface area contributed by atoms with Crippen LogP contribution >= 0.6 is 22.9 Å². The Morgan fingerprint density at radius 2 is 1.97 bits per heavy atom. The number of nitrogens with zero attached hydrogens (tertiary/aromatic N) is 3. The fourth-order valence-corrected chi connectivity index (χ4v) is 4.91. The minimum Gasteiger partial charge on any atom is -0.497 e. The number of aromatic nitrogens is 1. The molecule has 174 valence electrons. The average Bonchev–Trinajstić information content (AvgIpc) is 3.29. The van der Waals surface area contributed by atoms with Crippen molar-refractivity contribution in [2.24, 2.45) is 0 Å². The number of piperazine rings is 1. The number of carbonyl (C=O) groups excluding carboxylic acids is 1. The number of likely N-dealkylation sites (N-methyl/N-ethyl adjacent to an activating group) is 1. The Hall–Kier alpha value is -2.45. The van der Waals surface area contributed by atoms with Crippen molar-refractivity contribution >= 4 is 34.5 Å². The second-order valence-corrected chi connectivity index (χ2v) is 9.58. The first-order valence-corrected chi connectivity index (χ1v) is 12.4. The molecule has 33 heavy (non-hydrogen) atoms. The van der Waals surface area contributed by atoms with Crippen LogP contribution in [0.5, 0.6) is 5.75 Å². The van der Waals surface area contributed by atoms with Gasteiger partial charge < -0.3 is 15.0 Å². The number of rotatable bonds is 7. The normalized spacial score (nSPS) is 14.9. The molecule has 0 unspecified atom stereocenters. The van der Waals surface area contributed by atoms with Crippen molar-refractivity contribution in [1.82, 2.24) is 14.8 Å². The first-order chi connectivity index (χ1) is 16.0. The predicted molar refractivity (Wildman–Crippen MR) is 136 cm³/mol. The van der Waals surface area contributed by atoms with Crippen LogP contribution < -0.4 is 10.1 Å². The first kappa shape index (κ1) is 23.7. The second-order valence-electron chi connectivity index (χ2n) is 8.23. The van der Waals surface area contributed by atoms with Crippen LogP contribution in [0.2, 0.25) is 5.02 Å². The van der Waals surface area contributed by atoms with Crippen molar-refractivity contribution in [3.8, 4) is 17.0 Å². The molecule has 1 fully saturated rings. The number of aryl methyl sites for hydroxylation is 1. The van der Waals surface area contributed by atoms with Gasteiger partial charge in [-0.15, -0.1) is 11.3 Å². The molecule has 2 aromatic carbocycles. The minimum absolute atomic E-state index is 0.160. The van der Waals surface area contributed by atoms with E-state index in [1.54, 1.807) is 24.5 Å². The highest BCUT2D eigenvalue weighted by atomic mass is 35.5. The summed E-state index contributed by atoms with van der Waals surface area (Å²) in [6.45, 7) is 6.78. The van der Waals surface area contributed by atoms with Crippen LogP contribution in [0.4, 0.5) is 5.69 Å². The Bertz CT molecular complexity index is 1130. The number of benzene rings is 2. The molecule has 3 aromatic rings. The van der Waals surface area contributed by atoms with E-state index in [1.807, 2.05) is 35.7 Å². The number of carbonyl (C=O) groups is 1. The average molecular weight is 485 g/mol. The van der Waals surface area contributed by atoms with E-state index in [1.165, 1.54) is 0 Å². The van der Waals surface area contributed by atoms with Crippen molar-refractivity contribution in [1.29, 1.82) is 0 Å². The van der Waals surface area contributed by atoms with Crippen molar-refractivity contribution in [2.45, 2.75) is 19.9 Å². The fraction of sp³-hybridized carbons (Fsp3) is 0.360. The summed E-state index contributed by atoms with van der Waals surface area (Å²) in [4.78, 5) is 22.5. The summed E-state index contributed by atoms with van der Waals surface area (Å²) in [7, 11) is 3.78. The number of anilines is 1. The maximum absolute atomic E-state index is 13.2. The SMILES string of the molecule is CCc1nc(-c2ccc(NC(=O)c3ccc(OC)cc3CN3CCN(C)CC3)cc2Cl)cs1. The third kappa shape index (κ3) is 5.73. The molecule has 6 nitrogen and oxygen atoms in total. The van der Waals surface area contributed by atoms with E-state index in [2.05, 4.69) is 34.1 Å². The van der Waals surface area contributed by atoms with Gasteiger partial charge in [-0.25, -0.2) is 4.98 Å². The van der Waals surface area contributed by atoms with Gasteiger partial charge in [-0.3, -0.25) is 9.69 Å². The molecule has 0 bridgehead atoms. The lowest BCUT2D eigenvalue weighted by Gasteiger charge is -2.32. The van der Waals surface area contributed by atoms with Crippen LogP contribution in [0.15, 0.2) is 41.8 Å². The van der Waals surface area contributed by atoms with Crippen molar-refractivity contribution < 1.29 is 9.53 Å². The molecule has 1 saturated heterocycles. The van der Waals surface area contributed by atoms with E-state index in [9.17, 15) is 4.79 Å². The van der Waals surface area contributed by atoms with Crippen molar-refractivity contribution in [3.05, 3.63) is 62.9 Å². The molecule has 1 aromatic heterocycles. The molecule has 1 amide bonds. The number of thiazole rings is 1. The molecule has 0 aliphatic carbocycles. The first-order valence-electron chi connectivity index (χ1n) is 11.1. The summed E-state index contributed by atoms with van der Waals surface area (Å²) in [5, 5.41) is 6.66. The summed E-state index contributed by atoms with van der Waals surface area (Å²) < 4.78 is 5.41. The molecule has 8 heteroatoms. The van der Waals surface area contributed by atoms with Gasteiger partial charge in [0.15, 0.2) is 0 Å². The summed E-state index contributed by atoms with van der Waals surface area (Å²) in [6, 6.07) is 11.2. The van der Waals surface area contributed by atoms with E-state index in [0.717, 1.165) is 60.2 Å². The fourth-order valence-electron chi connectivity index (χ4n) is 3.89. The highest BCUT2D eigenvalue weighted by molar-refractivity contribution is 7.09.